The summed E-state index contributed by atoms with van der Waals surface area (Å²) in [6.07, 6.45) is 8.19. The number of hydrogen-bond donors (Lipinski definition) is 1. The quantitative estimate of drug-likeness (QED) is 0.448. The van der Waals surface area contributed by atoms with Crippen LogP contribution in [0.1, 0.15) is 0 Å². The second-order valence-electron chi connectivity index (χ2n) is 1.68. The van der Waals surface area contributed by atoms with Crippen LogP contribution in [0.3, 0.4) is 0 Å². The fourth-order valence-corrected chi connectivity index (χ4v) is 0.796. The Morgan fingerprint density at radius 3 is 2.90 bits per heavy atom. The molecule has 1 N–H and O–H groups in total. The second kappa shape index (κ2) is 2.60. The van der Waals surface area contributed by atoms with Gasteiger partial charge in [-0.15, -0.1) is 6.42 Å². The van der Waals surface area contributed by atoms with Crippen molar-refractivity contribution in [1.29, 1.82) is 0 Å². The molecular weight excluding hydrogens is 243 g/mol. The van der Waals surface area contributed by atoms with Crippen LogP contribution in [-0.2, 0) is 3.73 Å². The lowest BCUT2D eigenvalue weighted by atomic mass is 10.6. The van der Waals surface area contributed by atoms with Gasteiger partial charge < -0.3 is 5.11 Å². The molecule has 0 radical (unpaired) electrons. The Balaban J connectivity index is 2.99. The van der Waals surface area contributed by atoms with E-state index in [0.29, 0.717) is 0 Å². The fourth-order valence-electron chi connectivity index (χ4n) is 0.510. The van der Waals surface area contributed by atoms with E-state index < -0.39 is 3.73 Å². The highest BCUT2D eigenvalue weighted by molar-refractivity contribution is 14.1. The zero-order chi connectivity index (χ0) is 7.61. The molecule has 0 bridgehead atoms. The van der Waals surface area contributed by atoms with E-state index in [4.69, 9.17) is 6.42 Å². The van der Waals surface area contributed by atoms with Crippen LogP contribution in [0.2, 0.25) is 0 Å². The molecule has 1 heterocycles. The predicted molar refractivity (Wildman–Crippen MR) is 45.3 cm³/mol. The monoisotopic (exact) mass is 248 g/mol. The van der Waals surface area contributed by atoms with Crippen LogP contribution < -0.4 is 0 Å². The van der Waals surface area contributed by atoms with Crippen LogP contribution in [0.15, 0.2) is 18.5 Å². The van der Waals surface area contributed by atoms with Crippen molar-refractivity contribution < 1.29 is 5.11 Å². The SMILES string of the molecule is C#CC(O)(I)n1cccn1. The third-order valence-corrected chi connectivity index (χ3v) is 1.80. The minimum absolute atomic E-state index is 1.30. The van der Waals surface area contributed by atoms with Crippen molar-refractivity contribution in [2.75, 3.05) is 0 Å². The lowest BCUT2D eigenvalue weighted by Gasteiger charge is -2.13. The molecule has 0 saturated carbocycles. The molecule has 0 fully saturated rings. The zero-order valence-corrected chi connectivity index (χ0v) is 7.19. The van der Waals surface area contributed by atoms with E-state index in [9.17, 15) is 5.11 Å². The first-order valence-electron chi connectivity index (χ1n) is 2.56. The van der Waals surface area contributed by atoms with Crippen LogP contribution in [0, 0.1) is 12.3 Å². The van der Waals surface area contributed by atoms with Gasteiger partial charge in [-0.25, -0.2) is 4.68 Å². The Morgan fingerprint density at radius 1 is 1.80 bits per heavy atom. The lowest BCUT2D eigenvalue weighted by molar-refractivity contribution is 0.129. The van der Waals surface area contributed by atoms with Gasteiger partial charge in [0, 0.05) is 12.4 Å². The highest BCUT2D eigenvalue weighted by Crippen LogP contribution is 2.18. The number of alkyl halides is 1. The maximum atomic E-state index is 9.33. The van der Waals surface area contributed by atoms with Crippen molar-refractivity contribution in [3.63, 3.8) is 0 Å². The normalized spacial score (nSPS) is 15.7. The Labute approximate surface area is 72.2 Å². The maximum Gasteiger partial charge on any atom is 0.274 e. The number of nitrogens with zero attached hydrogens (tertiary/aromatic N) is 2. The average molecular weight is 248 g/mol. The Hall–Kier alpha value is -0.540. The van der Waals surface area contributed by atoms with Crippen LogP contribution in [0.5, 0.6) is 0 Å². The molecule has 4 heteroatoms. The van der Waals surface area contributed by atoms with E-state index in [1.165, 1.54) is 4.68 Å². The van der Waals surface area contributed by atoms with Crippen molar-refractivity contribution in [2.24, 2.45) is 0 Å². The molecule has 0 saturated heterocycles. The summed E-state index contributed by atoms with van der Waals surface area (Å²) in [5.41, 5.74) is 0. The summed E-state index contributed by atoms with van der Waals surface area (Å²) in [6, 6.07) is 1.70. The van der Waals surface area contributed by atoms with Crippen LogP contribution in [0.25, 0.3) is 0 Å². The van der Waals surface area contributed by atoms with Gasteiger partial charge in [0.05, 0.1) is 0 Å². The molecule has 0 aromatic carbocycles. The maximum absolute atomic E-state index is 9.33. The number of aromatic nitrogens is 2. The third-order valence-electron chi connectivity index (χ3n) is 0.992. The van der Waals surface area contributed by atoms with E-state index in [1.54, 1.807) is 41.1 Å². The van der Waals surface area contributed by atoms with E-state index in [0.717, 1.165) is 0 Å². The molecule has 1 aromatic rings. The Kier molecular flexibility index (Phi) is 1.97. The van der Waals surface area contributed by atoms with Crippen molar-refractivity contribution in [3.8, 4) is 12.3 Å². The molecule has 0 aliphatic rings. The smallest absolute Gasteiger partial charge is 0.274 e. The highest BCUT2D eigenvalue weighted by atomic mass is 127. The van der Waals surface area contributed by atoms with Crippen molar-refractivity contribution >= 4 is 22.6 Å². The number of rotatable bonds is 1. The van der Waals surface area contributed by atoms with Crippen LogP contribution in [-0.4, -0.2) is 14.9 Å². The van der Waals surface area contributed by atoms with Crippen molar-refractivity contribution in [2.45, 2.75) is 3.73 Å². The van der Waals surface area contributed by atoms with Crippen molar-refractivity contribution in [1.82, 2.24) is 9.78 Å². The zero-order valence-electron chi connectivity index (χ0n) is 5.03. The predicted octanol–water partition coefficient (Wildman–Crippen LogP) is 0.554. The van der Waals surface area contributed by atoms with Gasteiger partial charge in [-0.05, 0) is 34.6 Å². The molecular formula is C6H5IN2O. The molecule has 0 spiro atoms. The minimum Gasteiger partial charge on any atom is -0.351 e. The van der Waals surface area contributed by atoms with E-state index >= 15 is 0 Å². The van der Waals surface area contributed by atoms with Gasteiger partial charge in [0.15, 0.2) is 0 Å². The molecule has 3 nitrogen and oxygen atoms in total. The van der Waals surface area contributed by atoms with Crippen LogP contribution >= 0.6 is 22.6 Å². The van der Waals surface area contributed by atoms with Gasteiger partial charge >= 0.3 is 0 Å². The van der Waals surface area contributed by atoms with Crippen LogP contribution in [0.4, 0.5) is 0 Å². The standard InChI is InChI=1S/C6H5IN2O/c1-2-6(7,10)9-5-3-4-8-9/h1,3-5,10H. The van der Waals surface area contributed by atoms with E-state index in [-0.39, 0.29) is 0 Å². The summed E-state index contributed by atoms with van der Waals surface area (Å²) in [4.78, 5) is 0. The summed E-state index contributed by atoms with van der Waals surface area (Å²) in [5, 5.41) is 13.1. The number of hydrogen-bond acceptors (Lipinski definition) is 2. The van der Waals surface area contributed by atoms with Gasteiger partial charge in [-0.1, -0.05) is 0 Å². The molecule has 0 amide bonds. The van der Waals surface area contributed by atoms with Gasteiger partial charge in [0.1, 0.15) is 0 Å². The fraction of sp³-hybridized carbons (Fsp3) is 0.167. The summed E-state index contributed by atoms with van der Waals surface area (Å²) >= 11 is 1.72. The second-order valence-corrected chi connectivity index (χ2v) is 3.19. The molecule has 0 aliphatic heterocycles. The minimum atomic E-state index is -1.33. The van der Waals surface area contributed by atoms with Gasteiger partial charge in [-0.2, -0.15) is 5.10 Å². The van der Waals surface area contributed by atoms with Crippen molar-refractivity contribution in [3.05, 3.63) is 18.5 Å². The molecule has 1 aromatic heterocycles. The topological polar surface area (TPSA) is 38.0 Å². The first-order chi connectivity index (χ1) is 4.67. The summed E-state index contributed by atoms with van der Waals surface area (Å²) in [6.45, 7) is 0. The summed E-state index contributed by atoms with van der Waals surface area (Å²) < 4.78 is -0.0329. The number of halogens is 1. The Morgan fingerprint density at radius 2 is 2.50 bits per heavy atom. The van der Waals surface area contributed by atoms with E-state index in [2.05, 4.69) is 11.0 Å². The third kappa shape index (κ3) is 1.30. The molecule has 1 rings (SSSR count). The lowest BCUT2D eigenvalue weighted by Crippen LogP contribution is -2.23. The first kappa shape index (κ1) is 7.57. The number of terminal acetylenes is 1. The highest BCUT2D eigenvalue weighted by Gasteiger charge is 2.20. The Bertz CT molecular complexity index is 247. The first-order valence-corrected chi connectivity index (χ1v) is 3.64. The van der Waals surface area contributed by atoms with E-state index in [1.807, 2.05) is 0 Å². The van der Waals surface area contributed by atoms with Gasteiger partial charge in [0.2, 0.25) is 0 Å². The molecule has 1 atom stereocenters. The average Bonchev–Trinajstić information content (AvgIpc) is 2.38. The number of aliphatic hydroxyl groups is 1. The molecule has 0 aliphatic carbocycles. The molecule has 10 heavy (non-hydrogen) atoms. The summed E-state index contributed by atoms with van der Waals surface area (Å²) in [5.74, 6) is 2.19. The van der Waals surface area contributed by atoms with Gasteiger partial charge in [-0.3, -0.25) is 0 Å². The largest absolute Gasteiger partial charge is 0.351 e. The molecule has 1 unspecified atom stereocenters. The van der Waals surface area contributed by atoms with Gasteiger partial charge in [0.25, 0.3) is 3.73 Å². The molecule has 52 valence electrons. The summed E-state index contributed by atoms with van der Waals surface area (Å²) in [7, 11) is 0.